The van der Waals surface area contributed by atoms with E-state index in [2.05, 4.69) is 30.7 Å². The second kappa shape index (κ2) is 11.4. The second-order valence-corrected chi connectivity index (χ2v) is 8.16. The van der Waals surface area contributed by atoms with Gasteiger partial charge in [0, 0.05) is 55.8 Å². The average Bonchev–Trinajstić information content (AvgIpc) is 2.92. The third-order valence-corrected chi connectivity index (χ3v) is 5.97. The number of nitrogens with zero attached hydrogens (tertiary/aromatic N) is 4. The number of ether oxygens (including phenoxy) is 3. The number of anilines is 3. The van der Waals surface area contributed by atoms with E-state index in [0.29, 0.717) is 29.6 Å². The Bertz CT molecular complexity index is 1090. The number of rotatable bonds is 9. The molecule has 0 unspecified atom stereocenters. The highest BCUT2D eigenvalue weighted by Gasteiger charge is 2.25. The number of pyridine rings is 1. The number of methoxy groups -OCH3 is 3. The fourth-order valence-electron chi connectivity index (χ4n) is 4.07. The third-order valence-electron chi connectivity index (χ3n) is 5.97. The van der Waals surface area contributed by atoms with Crippen molar-refractivity contribution < 1.29 is 19.0 Å². The summed E-state index contributed by atoms with van der Waals surface area (Å²) in [4.78, 5) is 18.8. The predicted molar refractivity (Wildman–Crippen MR) is 132 cm³/mol. The Labute approximate surface area is 204 Å². The first-order chi connectivity index (χ1) is 17.1. The van der Waals surface area contributed by atoms with Crippen LogP contribution in [0.3, 0.4) is 0 Å². The summed E-state index contributed by atoms with van der Waals surface area (Å²) in [6.07, 6.45) is 5.03. The normalized spacial score (nSPS) is 13.7. The maximum atomic E-state index is 12.6. The lowest BCUT2D eigenvalue weighted by atomic mass is 9.96. The van der Waals surface area contributed by atoms with Crippen LogP contribution in [0.25, 0.3) is 0 Å². The van der Waals surface area contributed by atoms with Gasteiger partial charge in [-0.1, -0.05) is 6.07 Å². The molecule has 1 fully saturated rings. The van der Waals surface area contributed by atoms with Gasteiger partial charge < -0.3 is 29.7 Å². The van der Waals surface area contributed by atoms with Gasteiger partial charge in [0.15, 0.2) is 23.1 Å². The van der Waals surface area contributed by atoms with Crippen molar-refractivity contribution >= 4 is 23.2 Å². The lowest BCUT2D eigenvalue weighted by molar-refractivity contribution is -0.125. The smallest absolute Gasteiger partial charge is 0.223 e. The van der Waals surface area contributed by atoms with Crippen LogP contribution in [0, 0.1) is 5.92 Å². The minimum Gasteiger partial charge on any atom is -0.493 e. The van der Waals surface area contributed by atoms with E-state index < -0.39 is 0 Å². The highest BCUT2D eigenvalue weighted by molar-refractivity contribution is 5.79. The van der Waals surface area contributed by atoms with Crippen LogP contribution in [0.15, 0.2) is 48.8 Å². The fraction of sp³-hybridized carbons (Fsp3) is 0.360. The molecule has 3 aromatic rings. The number of benzene rings is 1. The van der Waals surface area contributed by atoms with Crippen LogP contribution in [0.5, 0.6) is 17.2 Å². The first-order valence-corrected chi connectivity index (χ1v) is 11.4. The van der Waals surface area contributed by atoms with Gasteiger partial charge in [-0.05, 0) is 36.6 Å². The molecule has 0 radical (unpaired) electrons. The predicted octanol–water partition coefficient (Wildman–Crippen LogP) is 3.17. The molecule has 10 nitrogen and oxygen atoms in total. The van der Waals surface area contributed by atoms with Crippen molar-refractivity contribution in [2.45, 2.75) is 19.4 Å². The van der Waals surface area contributed by atoms with E-state index in [1.54, 1.807) is 45.9 Å². The number of aromatic nitrogens is 3. The summed E-state index contributed by atoms with van der Waals surface area (Å²) in [6, 6.07) is 11.2. The summed E-state index contributed by atoms with van der Waals surface area (Å²) in [7, 11) is 4.71. The van der Waals surface area contributed by atoms with E-state index in [0.717, 1.165) is 43.0 Å². The monoisotopic (exact) mass is 478 g/mol. The van der Waals surface area contributed by atoms with E-state index in [4.69, 9.17) is 14.2 Å². The zero-order valence-corrected chi connectivity index (χ0v) is 20.2. The molecule has 4 rings (SSSR count). The van der Waals surface area contributed by atoms with Gasteiger partial charge in [-0.25, -0.2) is 0 Å². The standard InChI is InChI=1S/C25H30N6O4/c1-33-20-13-19(14-21(34-2)24(20)35-3)28-22-6-7-23(30-29-22)31-11-8-18(9-12-31)25(32)27-16-17-5-4-10-26-15-17/h4-7,10,13-15,18H,8-9,11-12,16H2,1-3H3,(H,27,32)(H,28,29). The van der Waals surface area contributed by atoms with Gasteiger partial charge in [-0.2, -0.15) is 0 Å². The van der Waals surface area contributed by atoms with Crippen molar-refractivity contribution in [1.29, 1.82) is 0 Å². The van der Waals surface area contributed by atoms with Crippen LogP contribution in [-0.2, 0) is 11.3 Å². The molecule has 1 aromatic carbocycles. The Kier molecular flexibility index (Phi) is 7.81. The molecule has 0 atom stereocenters. The highest BCUT2D eigenvalue weighted by Crippen LogP contribution is 2.40. The molecule has 2 N–H and O–H groups in total. The van der Waals surface area contributed by atoms with E-state index in [1.807, 2.05) is 24.3 Å². The number of piperidine rings is 1. The summed E-state index contributed by atoms with van der Waals surface area (Å²) >= 11 is 0. The summed E-state index contributed by atoms with van der Waals surface area (Å²) < 4.78 is 16.2. The molecule has 2 aromatic heterocycles. The molecular weight excluding hydrogens is 448 g/mol. The largest absolute Gasteiger partial charge is 0.493 e. The topological polar surface area (TPSA) is 111 Å². The quantitative estimate of drug-likeness (QED) is 0.479. The van der Waals surface area contributed by atoms with E-state index in [9.17, 15) is 4.79 Å². The summed E-state index contributed by atoms with van der Waals surface area (Å²) in [6.45, 7) is 2.00. The molecule has 0 spiro atoms. The van der Waals surface area contributed by atoms with Crippen LogP contribution in [0.4, 0.5) is 17.3 Å². The van der Waals surface area contributed by atoms with Gasteiger partial charge in [0.25, 0.3) is 0 Å². The van der Waals surface area contributed by atoms with E-state index in [1.165, 1.54) is 0 Å². The van der Waals surface area contributed by atoms with Gasteiger partial charge >= 0.3 is 0 Å². The Morgan fingerprint density at radius 1 is 1.03 bits per heavy atom. The molecule has 0 bridgehead atoms. The molecule has 3 heterocycles. The van der Waals surface area contributed by atoms with Gasteiger partial charge in [0.2, 0.25) is 11.7 Å². The summed E-state index contributed by atoms with van der Waals surface area (Å²) in [5, 5.41) is 14.9. The maximum absolute atomic E-state index is 12.6. The Morgan fingerprint density at radius 2 is 1.77 bits per heavy atom. The molecule has 35 heavy (non-hydrogen) atoms. The number of amides is 1. The van der Waals surface area contributed by atoms with Gasteiger partial charge in [-0.15, -0.1) is 10.2 Å². The fourth-order valence-corrected chi connectivity index (χ4v) is 4.07. The lowest BCUT2D eigenvalue weighted by Gasteiger charge is -2.31. The molecular formula is C25H30N6O4. The minimum atomic E-state index is -0.00291. The average molecular weight is 479 g/mol. The minimum absolute atomic E-state index is 0.00291. The molecule has 1 amide bonds. The van der Waals surface area contributed by atoms with E-state index in [-0.39, 0.29) is 11.8 Å². The molecule has 1 aliphatic rings. The van der Waals surface area contributed by atoms with Crippen LogP contribution in [-0.4, -0.2) is 55.5 Å². The van der Waals surface area contributed by atoms with Gasteiger partial charge in [-0.3, -0.25) is 9.78 Å². The number of hydrogen-bond acceptors (Lipinski definition) is 9. The molecule has 1 saturated heterocycles. The number of carbonyl (C=O) groups excluding carboxylic acids is 1. The molecule has 0 aliphatic carbocycles. The van der Waals surface area contributed by atoms with Crippen molar-refractivity contribution in [3.05, 3.63) is 54.4 Å². The zero-order valence-electron chi connectivity index (χ0n) is 20.2. The Morgan fingerprint density at radius 3 is 2.34 bits per heavy atom. The highest BCUT2D eigenvalue weighted by atomic mass is 16.5. The first-order valence-electron chi connectivity index (χ1n) is 11.4. The molecule has 10 heteroatoms. The Balaban J connectivity index is 1.31. The number of hydrogen-bond donors (Lipinski definition) is 2. The van der Waals surface area contributed by atoms with Crippen LogP contribution in [0.2, 0.25) is 0 Å². The van der Waals surface area contributed by atoms with E-state index >= 15 is 0 Å². The summed E-state index contributed by atoms with van der Waals surface area (Å²) in [5.74, 6) is 3.08. The van der Waals surface area contributed by atoms with Gasteiger partial charge in [0.1, 0.15) is 0 Å². The number of carbonyl (C=O) groups is 1. The van der Waals surface area contributed by atoms with Crippen LogP contribution in [0.1, 0.15) is 18.4 Å². The zero-order chi connectivity index (χ0) is 24.6. The molecule has 184 valence electrons. The van der Waals surface area contributed by atoms with Crippen LogP contribution >= 0.6 is 0 Å². The molecule has 1 aliphatic heterocycles. The maximum Gasteiger partial charge on any atom is 0.223 e. The molecule has 0 saturated carbocycles. The third kappa shape index (κ3) is 5.89. The van der Waals surface area contributed by atoms with Crippen molar-refractivity contribution in [2.24, 2.45) is 5.92 Å². The van der Waals surface area contributed by atoms with Crippen molar-refractivity contribution in [1.82, 2.24) is 20.5 Å². The first kappa shape index (κ1) is 24.1. The van der Waals surface area contributed by atoms with Crippen molar-refractivity contribution in [3.63, 3.8) is 0 Å². The SMILES string of the molecule is COc1cc(Nc2ccc(N3CCC(C(=O)NCc4cccnc4)CC3)nn2)cc(OC)c1OC. The lowest BCUT2D eigenvalue weighted by Crippen LogP contribution is -2.40. The number of nitrogens with one attached hydrogen (secondary N) is 2. The van der Waals surface area contributed by atoms with Crippen molar-refractivity contribution in [2.75, 3.05) is 44.6 Å². The van der Waals surface area contributed by atoms with Crippen LogP contribution < -0.4 is 29.7 Å². The van der Waals surface area contributed by atoms with Crippen molar-refractivity contribution in [3.8, 4) is 17.2 Å². The second-order valence-electron chi connectivity index (χ2n) is 8.16. The Hall–Kier alpha value is -4.08. The summed E-state index contributed by atoms with van der Waals surface area (Å²) in [5.41, 5.74) is 1.73. The van der Waals surface area contributed by atoms with Gasteiger partial charge in [0.05, 0.1) is 21.3 Å².